The number of carbonyl (C=O) groups is 2. The normalized spacial score (nSPS) is 18.9. The standard InChI is InChI=1S/C25H20N2O6/c1-31-18-5-2-15(3-6-18)22-21(23(28)16-8-10-26-11-9-16)24(29)25(30)27(22)17-4-7-19-20(14-17)33-13-12-32-19/h2-11,14,22,28H,12-13H2,1H3/b23-21+. The van der Waals surface area contributed by atoms with Gasteiger partial charge in [-0.2, -0.15) is 0 Å². The van der Waals surface area contributed by atoms with Crippen LogP contribution in [0.2, 0.25) is 0 Å². The number of fused-ring (bicyclic) bond motifs is 1. The van der Waals surface area contributed by atoms with E-state index < -0.39 is 17.7 Å². The Hall–Kier alpha value is -4.33. The number of benzene rings is 2. The first-order chi connectivity index (χ1) is 16.1. The van der Waals surface area contributed by atoms with Crippen molar-refractivity contribution in [1.29, 1.82) is 0 Å². The molecule has 0 bridgehead atoms. The fourth-order valence-electron chi connectivity index (χ4n) is 4.05. The SMILES string of the molecule is COc1ccc(C2/C(=C(\O)c3ccncc3)C(=O)C(=O)N2c2ccc3c(c2)OCCO3)cc1. The van der Waals surface area contributed by atoms with E-state index in [1.807, 2.05) is 0 Å². The number of methoxy groups -OCH3 is 1. The van der Waals surface area contributed by atoms with E-state index in [4.69, 9.17) is 14.2 Å². The number of carbonyl (C=O) groups excluding carboxylic acids is 2. The number of hydrogen-bond donors (Lipinski definition) is 1. The molecule has 0 spiro atoms. The third-order valence-electron chi connectivity index (χ3n) is 5.63. The number of aliphatic hydroxyl groups excluding tert-OH is 1. The van der Waals surface area contributed by atoms with E-state index in [1.165, 1.54) is 17.3 Å². The Bertz CT molecular complexity index is 1250. The van der Waals surface area contributed by atoms with Crippen molar-refractivity contribution in [3.63, 3.8) is 0 Å². The highest BCUT2D eigenvalue weighted by atomic mass is 16.6. The van der Waals surface area contributed by atoms with Gasteiger partial charge in [-0.15, -0.1) is 0 Å². The van der Waals surface area contributed by atoms with Crippen LogP contribution in [0.15, 0.2) is 72.6 Å². The van der Waals surface area contributed by atoms with Gasteiger partial charge in [0.25, 0.3) is 11.7 Å². The van der Waals surface area contributed by atoms with Crippen LogP contribution in [-0.2, 0) is 9.59 Å². The van der Waals surface area contributed by atoms with Crippen LogP contribution in [0.25, 0.3) is 5.76 Å². The Balaban J connectivity index is 1.69. The summed E-state index contributed by atoms with van der Waals surface area (Å²) in [5, 5.41) is 11.1. The van der Waals surface area contributed by atoms with Gasteiger partial charge in [-0.05, 0) is 42.0 Å². The summed E-state index contributed by atoms with van der Waals surface area (Å²) in [5.74, 6) is -0.105. The number of rotatable bonds is 4. The summed E-state index contributed by atoms with van der Waals surface area (Å²) in [6, 6.07) is 14.4. The van der Waals surface area contributed by atoms with Gasteiger partial charge in [-0.25, -0.2) is 0 Å². The Morgan fingerprint density at radius 2 is 1.70 bits per heavy atom. The van der Waals surface area contributed by atoms with Crippen LogP contribution in [0.4, 0.5) is 5.69 Å². The molecule has 0 aliphatic carbocycles. The van der Waals surface area contributed by atoms with Crippen LogP contribution in [0.5, 0.6) is 17.2 Å². The highest BCUT2D eigenvalue weighted by molar-refractivity contribution is 6.51. The number of aliphatic hydroxyl groups is 1. The molecule has 33 heavy (non-hydrogen) atoms. The molecule has 8 heteroatoms. The molecule has 5 rings (SSSR count). The van der Waals surface area contributed by atoms with Crippen molar-refractivity contribution in [2.75, 3.05) is 25.2 Å². The topological polar surface area (TPSA) is 98.2 Å². The fourth-order valence-corrected chi connectivity index (χ4v) is 4.05. The molecule has 1 N–H and O–H groups in total. The number of amides is 1. The van der Waals surface area contributed by atoms with Crippen molar-refractivity contribution < 1.29 is 28.9 Å². The lowest BCUT2D eigenvalue weighted by Crippen LogP contribution is -2.29. The first kappa shape index (κ1) is 20.6. The molecule has 166 valence electrons. The van der Waals surface area contributed by atoms with E-state index in [0.717, 1.165) is 0 Å². The van der Waals surface area contributed by atoms with Crippen LogP contribution in [0.3, 0.4) is 0 Å². The van der Waals surface area contributed by atoms with Crippen molar-refractivity contribution in [3.05, 3.63) is 83.7 Å². The molecular formula is C25H20N2O6. The molecule has 3 aromatic rings. The number of ketones is 1. The largest absolute Gasteiger partial charge is 0.507 e. The Morgan fingerprint density at radius 3 is 2.39 bits per heavy atom. The smallest absolute Gasteiger partial charge is 0.300 e. The van der Waals surface area contributed by atoms with Crippen LogP contribution >= 0.6 is 0 Å². The van der Waals surface area contributed by atoms with Gasteiger partial charge in [-0.1, -0.05) is 12.1 Å². The molecule has 2 aliphatic rings. The third-order valence-corrected chi connectivity index (χ3v) is 5.63. The summed E-state index contributed by atoms with van der Waals surface area (Å²) in [4.78, 5) is 31.8. The van der Waals surface area contributed by atoms with Gasteiger partial charge in [0.1, 0.15) is 24.7 Å². The minimum Gasteiger partial charge on any atom is -0.507 e. The van der Waals surface area contributed by atoms with Gasteiger partial charge in [0.15, 0.2) is 11.5 Å². The Labute approximate surface area is 189 Å². The molecule has 2 aromatic carbocycles. The Kier molecular flexibility index (Phi) is 5.18. The average molecular weight is 444 g/mol. The molecule has 1 fully saturated rings. The van der Waals surface area contributed by atoms with Crippen molar-refractivity contribution in [2.45, 2.75) is 6.04 Å². The monoisotopic (exact) mass is 444 g/mol. The predicted molar refractivity (Wildman–Crippen MR) is 119 cm³/mol. The summed E-state index contributed by atoms with van der Waals surface area (Å²) in [5.41, 5.74) is 1.48. The number of aromatic nitrogens is 1. The molecule has 1 atom stereocenters. The zero-order chi connectivity index (χ0) is 22.9. The molecule has 1 aromatic heterocycles. The number of nitrogens with zero attached hydrogens (tertiary/aromatic N) is 2. The zero-order valence-electron chi connectivity index (χ0n) is 17.7. The van der Waals surface area contributed by atoms with E-state index in [2.05, 4.69) is 4.98 Å². The van der Waals surface area contributed by atoms with Crippen LogP contribution in [0.1, 0.15) is 17.2 Å². The fraction of sp³-hybridized carbons (Fsp3) is 0.160. The quantitative estimate of drug-likeness (QED) is 0.374. The zero-order valence-corrected chi connectivity index (χ0v) is 17.7. The maximum absolute atomic E-state index is 13.2. The van der Waals surface area contributed by atoms with Gasteiger partial charge < -0.3 is 19.3 Å². The minimum absolute atomic E-state index is 0.00810. The average Bonchev–Trinajstić information content (AvgIpc) is 3.14. The van der Waals surface area contributed by atoms with Crippen LogP contribution in [0, 0.1) is 0 Å². The van der Waals surface area contributed by atoms with Crippen LogP contribution in [-0.4, -0.2) is 42.1 Å². The summed E-state index contributed by atoms with van der Waals surface area (Å²) >= 11 is 0. The van der Waals surface area contributed by atoms with E-state index in [1.54, 1.807) is 61.7 Å². The highest BCUT2D eigenvalue weighted by Crippen LogP contribution is 2.44. The molecule has 1 amide bonds. The van der Waals surface area contributed by atoms with E-state index >= 15 is 0 Å². The maximum Gasteiger partial charge on any atom is 0.300 e. The Morgan fingerprint density at radius 1 is 1.00 bits per heavy atom. The van der Waals surface area contributed by atoms with Crippen molar-refractivity contribution >= 4 is 23.1 Å². The van der Waals surface area contributed by atoms with E-state index in [9.17, 15) is 14.7 Å². The van der Waals surface area contributed by atoms with Gasteiger partial charge in [-0.3, -0.25) is 19.5 Å². The summed E-state index contributed by atoms with van der Waals surface area (Å²) in [6.45, 7) is 0.827. The first-order valence-corrected chi connectivity index (χ1v) is 10.3. The predicted octanol–water partition coefficient (Wildman–Crippen LogP) is 3.49. The summed E-state index contributed by atoms with van der Waals surface area (Å²) < 4.78 is 16.5. The van der Waals surface area contributed by atoms with Crippen molar-refractivity contribution in [3.8, 4) is 17.2 Å². The second-order valence-corrected chi connectivity index (χ2v) is 7.51. The molecule has 1 saturated heterocycles. The highest BCUT2D eigenvalue weighted by Gasteiger charge is 2.47. The number of hydrogen-bond acceptors (Lipinski definition) is 7. The van der Waals surface area contributed by atoms with E-state index in [0.29, 0.717) is 47.3 Å². The number of anilines is 1. The van der Waals surface area contributed by atoms with Crippen LogP contribution < -0.4 is 19.1 Å². The van der Waals surface area contributed by atoms with Gasteiger partial charge in [0, 0.05) is 29.7 Å². The van der Waals surface area contributed by atoms with Crippen molar-refractivity contribution in [2.24, 2.45) is 0 Å². The number of Topliss-reactive ketones (excluding diaryl/α,β-unsaturated/α-hetero) is 1. The van der Waals surface area contributed by atoms with E-state index in [-0.39, 0.29) is 11.3 Å². The molecular weight excluding hydrogens is 424 g/mol. The number of ether oxygens (including phenoxy) is 3. The first-order valence-electron chi connectivity index (χ1n) is 10.3. The van der Waals surface area contributed by atoms with Crippen molar-refractivity contribution in [1.82, 2.24) is 4.98 Å². The molecule has 0 saturated carbocycles. The maximum atomic E-state index is 13.2. The molecule has 0 radical (unpaired) electrons. The second-order valence-electron chi connectivity index (χ2n) is 7.51. The molecule has 3 heterocycles. The molecule has 8 nitrogen and oxygen atoms in total. The lowest BCUT2D eigenvalue weighted by atomic mass is 9.95. The van der Waals surface area contributed by atoms with Gasteiger partial charge in [0.05, 0.1) is 18.7 Å². The molecule has 1 unspecified atom stereocenters. The third kappa shape index (κ3) is 3.55. The number of pyridine rings is 1. The lowest BCUT2D eigenvalue weighted by Gasteiger charge is -2.27. The minimum atomic E-state index is -0.855. The lowest BCUT2D eigenvalue weighted by molar-refractivity contribution is -0.132. The van der Waals surface area contributed by atoms with Gasteiger partial charge >= 0.3 is 0 Å². The summed E-state index contributed by atoms with van der Waals surface area (Å²) in [6.07, 6.45) is 3.02. The second kappa shape index (κ2) is 8.31. The van der Waals surface area contributed by atoms with Gasteiger partial charge in [0.2, 0.25) is 0 Å². The summed E-state index contributed by atoms with van der Waals surface area (Å²) in [7, 11) is 1.56. The molecule has 2 aliphatic heterocycles.